The molecule has 1 aromatic carbocycles. The molecule has 0 radical (unpaired) electrons. The summed E-state index contributed by atoms with van der Waals surface area (Å²) in [4.78, 5) is 10.8. The van der Waals surface area contributed by atoms with Gasteiger partial charge in [0.25, 0.3) is 0 Å². The van der Waals surface area contributed by atoms with Crippen molar-refractivity contribution >= 4 is 10.9 Å². The highest BCUT2D eigenvalue weighted by Crippen LogP contribution is 2.36. The van der Waals surface area contributed by atoms with Crippen LogP contribution in [-0.4, -0.2) is 34.1 Å². The van der Waals surface area contributed by atoms with Gasteiger partial charge in [0.15, 0.2) is 0 Å². The van der Waals surface area contributed by atoms with Crippen molar-refractivity contribution < 1.29 is 5.11 Å². The largest absolute Gasteiger partial charge is 0.506 e. The predicted octanol–water partition coefficient (Wildman–Crippen LogP) is 2.99. The minimum absolute atomic E-state index is 0.126. The summed E-state index contributed by atoms with van der Waals surface area (Å²) in [5.74, 6) is 0.193. The Morgan fingerprint density at radius 3 is 2.48 bits per heavy atom. The standard InChI is InChI=1S/C17H17N3O/c1-20(2)17(14-9-5-6-10-18-14)16-12-7-3-4-8-13(12)19-11-15(16)21/h3-11,17,21H,1-2H3. The summed E-state index contributed by atoms with van der Waals surface area (Å²) in [7, 11) is 3.96. The van der Waals surface area contributed by atoms with Crippen LogP contribution >= 0.6 is 0 Å². The van der Waals surface area contributed by atoms with Crippen molar-refractivity contribution in [1.82, 2.24) is 14.9 Å². The second-order valence-electron chi connectivity index (χ2n) is 5.20. The lowest BCUT2D eigenvalue weighted by Gasteiger charge is -2.26. The number of benzene rings is 1. The average Bonchev–Trinajstić information content (AvgIpc) is 2.51. The van der Waals surface area contributed by atoms with E-state index in [2.05, 4.69) is 9.97 Å². The zero-order chi connectivity index (χ0) is 14.8. The van der Waals surface area contributed by atoms with E-state index in [4.69, 9.17) is 0 Å². The topological polar surface area (TPSA) is 49.2 Å². The number of aromatic nitrogens is 2. The van der Waals surface area contributed by atoms with Gasteiger partial charge in [0.05, 0.1) is 23.4 Å². The quantitative estimate of drug-likeness (QED) is 0.800. The molecule has 0 aliphatic rings. The summed E-state index contributed by atoms with van der Waals surface area (Å²) in [6.07, 6.45) is 3.28. The van der Waals surface area contributed by atoms with E-state index in [1.54, 1.807) is 6.20 Å². The molecule has 2 heterocycles. The Morgan fingerprint density at radius 2 is 1.76 bits per heavy atom. The number of nitrogens with zero attached hydrogens (tertiary/aromatic N) is 3. The average molecular weight is 279 g/mol. The number of rotatable bonds is 3. The maximum Gasteiger partial charge on any atom is 0.139 e. The zero-order valence-corrected chi connectivity index (χ0v) is 12.1. The molecule has 1 atom stereocenters. The molecule has 0 amide bonds. The van der Waals surface area contributed by atoms with E-state index in [0.717, 1.165) is 22.2 Å². The number of fused-ring (bicyclic) bond motifs is 1. The van der Waals surface area contributed by atoms with Crippen molar-refractivity contribution in [3.8, 4) is 5.75 Å². The van der Waals surface area contributed by atoms with E-state index in [1.165, 1.54) is 6.20 Å². The maximum atomic E-state index is 10.4. The van der Waals surface area contributed by atoms with Gasteiger partial charge in [-0.3, -0.25) is 14.9 Å². The fourth-order valence-electron chi connectivity index (χ4n) is 2.65. The third-order valence-electron chi connectivity index (χ3n) is 3.55. The lowest BCUT2D eigenvalue weighted by Crippen LogP contribution is -2.22. The van der Waals surface area contributed by atoms with Crippen molar-refractivity contribution in [3.05, 3.63) is 66.1 Å². The van der Waals surface area contributed by atoms with Gasteiger partial charge in [0, 0.05) is 17.1 Å². The summed E-state index contributed by atoms with van der Waals surface area (Å²) in [6.45, 7) is 0. The van der Waals surface area contributed by atoms with Crippen LogP contribution in [0.5, 0.6) is 5.75 Å². The summed E-state index contributed by atoms with van der Waals surface area (Å²) >= 11 is 0. The Morgan fingerprint density at radius 1 is 1.00 bits per heavy atom. The third kappa shape index (κ3) is 2.45. The lowest BCUT2D eigenvalue weighted by molar-refractivity contribution is 0.328. The van der Waals surface area contributed by atoms with Crippen LogP contribution in [0.2, 0.25) is 0 Å². The number of hydrogen-bond donors (Lipinski definition) is 1. The van der Waals surface area contributed by atoms with Crippen LogP contribution < -0.4 is 0 Å². The smallest absolute Gasteiger partial charge is 0.139 e. The predicted molar refractivity (Wildman–Crippen MR) is 83.2 cm³/mol. The normalized spacial score (nSPS) is 12.7. The van der Waals surface area contributed by atoms with Crippen molar-refractivity contribution in [1.29, 1.82) is 0 Å². The Bertz CT molecular complexity index is 756. The van der Waals surface area contributed by atoms with E-state index in [9.17, 15) is 5.11 Å². The summed E-state index contributed by atoms with van der Waals surface area (Å²) in [5, 5.41) is 11.3. The molecular weight excluding hydrogens is 262 g/mol. The second-order valence-corrected chi connectivity index (χ2v) is 5.20. The van der Waals surface area contributed by atoms with E-state index in [-0.39, 0.29) is 11.8 Å². The van der Waals surface area contributed by atoms with Crippen LogP contribution in [0, 0.1) is 0 Å². The Labute approximate surface area is 123 Å². The molecule has 0 spiro atoms. The van der Waals surface area contributed by atoms with Crippen LogP contribution in [-0.2, 0) is 0 Å². The summed E-state index contributed by atoms with van der Waals surface area (Å²) < 4.78 is 0. The molecule has 2 aromatic heterocycles. The monoisotopic (exact) mass is 279 g/mol. The van der Waals surface area contributed by atoms with Crippen molar-refractivity contribution in [3.63, 3.8) is 0 Å². The van der Waals surface area contributed by atoms with Gasteiger partial charge in [-0.1, -0.05) is 24.3 Å². The number of aromatic hydroxyl groups is 1. The molecule has 1 N–H and O–H groups in total. The first-order valence-corrected chi connectivity index (χ1v) is 6.82. The molecule has 0 aliphatic carbocycles. The third-order valence-corrected chi connectivity index (χ3v) is 3.55. The molecule has 3 rings (SSSR count). The minimum atomic E-state index is -0.126. The van der Waals surface area contributed by atoms with E-state index >= 15 is 0 Å². The summed E-state index contributed by atoms with van der Waals surface area (Å²) in [5.41, 5.74) is 2.60. The Kier molecular flexibility index (Phi) is 3.54. The first-order valence-electron chi connectivity index (χ1n) is 6.82. The number of hydrogen-bond acceptors (Lipinski definition) is 4. The molecule has 21 heavy (non-hydrogen) atoms. The van der Waals surface area contributed by atoms with Gasteiger partial charge in [-0.2, -0.15) is 0 Å². The molecule has 3 aromatic rings. The highest BCUT2D eigenvalue weighted by atomic mass is 16.3. The van der Waals surface area contributed by atoms with E-state index in [1.807, 2.05) is 61.5 Å². The van der Waals surface area contributed by atoms with Gasteiger partial charge < -0.3 is 5.11 Å². The number of pyridine rings is 2. The van der Waals surface area contributed by atoms with Crippen LogP contribution in [0.15, 0.2) is 54.9 Å². The van der Waals surface area contributed by atoms with Crippen molar-refractivity contribution in [2.24, 2.45) is 0 Å². The highest BCUT2D eigenvalue weighted by molar-refractivity contribution is 5.84. The van der Waals surface area contributed by atoms with E-state index in [0.29, 0.717) is 0 Å². The molecule has 0 saturated heterocycles. The lowest BCUT2D eigenvalue weighted by atomic mass is 9.97. The number of para-hydroxylation sites is 1. The molecule has 106 valence electrons. The molecule has 4 nitrogen and oxygen atoms in total. The van der Waals surface area contributed by atoms with Gasteiger partial charge in [0.1, 0.15) is 5.75 Å². The first kappa shape index (κ1) is 13.5. The minimum Gasteiger partial charge on any atom is -0.506 e. The maximum absolute atomic E-state index is 10.4. The zero-order valence-electron chi connectivity index (χ0n) is 12.1. The molecular formula is C17H17N3O. The first-order chi connectivity index (χ1) is 10.2. The van der Waals surface area contributed by atoms with Crippen LogP contribution in [0.25, 0.3) is 10.9 Å². The van der Waals surface area contributed by atoms with Gasteiger partial charge >= 0.3 is 0 Å². The fraction of sp³-hybridized carbons (Fsp3) is 0.176. The van der Waals surface area contributed by atoms with Crippen molar-refractivity contribution in [2.75, 3.05) is 14.1 Å². The highest BCUT2D eigenvalue weighted by Gasteiger charge is 2.23. The van der Waals surface area contributed by atoms with Gasteiger partial charge in [0.2, 0.25) is 0 Å². The van der Waals surface area contributed by atoms with Crippen molar-refractivity contribution in [2.45, 2.75) is 6.04 Å². The Balaban J connectivity index is 2.28. The SMILES string of the molecule is CN(C)C(c1ccccn1)c1c(O)cnc2ccccc12. The van der Waals surface area contributed by atoms with E-state index < -0.39 is 0 Å². The van der Waals surface area contributed by atoms with Crippen LogP contribution in [0.4, 0.5) is 0 Å². The second kappa shape index (κ2) is 5.50. The van der Waals surface area contributed by atoms with Gasteiger partial charge in [-0.05, 0) is 32.3 Å². The fourth-order valence-corrected chi connectivity index (χ4v) is 2.65. The molecule has 0 saturated carbocycles. The van der Waals surface area contributed by atoms with Gasteiger partial charge in [-0.25, -0.2) is 0 Å². The molecule has 1 unspecified atom stereocenters. The molecule has 4 heteroatoms. The van der Waals surface area contributed by atoms with Crippen LogP contribution in [0.3, 0.4) is 0 Å². The van der Waals surface area contributed by atoms with Gasteiger partial charge in [-0.15, -0.1) is 0 Å². The van der Waals surface area contributed by atoms with Crippen LogP contribution in [0.1, 0.15) is 17.3 Å². The Hall–Kier alpha value is -2.46. The molecule has 0 fully saturated rings. The molecule has 0 aliphatic heterocycles. The summed E-state index contributed by atoms with van der Waals surface area (Å²) in [6, 6.07) is 13.5. The molecule has 0 bridgehead atoms.